The minimum absolute atomic E-state index is 0.448. The van der Waals surface area contributed by atoms with E-state index in [2.05, 4.69) is 42.6 Å². The summed E-state index contributed by atoms with van der Waals surface area (Å²) in [6.07, 6.45) is 1.66. The molecule has 0 aliphatic carbocycles. The predicted molar refractivity (Wildman–Crippen MR) is 64.5 cm³/mol. The first-order chi connectivity index (χ1) is 6.95. The lowest BCUT2D eigenvalue weighted by molar-refractivity contribution is 0.741. The zero-order chi connectivity index (χ0) is 11.6. The van der Waals surface area contributed by atoms with Crippen molar-refractivity contribution in [3.8, 4) is 0 Å². The predicted octanol–water partition coefficient (Wildman–Crippen LogP) is 2.79. The second-order valence-electron chi connectivity index (χ2n) is 4.70. The fourth-order valence-corrected chi connectivity index (χ4v) is 1.77. The molecule has 3 heteroatoms. The first kappa shape index (κ1) is 12.0. The number of anilines is 1. The number of hydrogen-bond donors (Lipinski definition) is 0. The number of hydrogen-bond acceptors (Lipinski definition) is 3. The van der Waals surface area contributed by atoms with Crippen molar-refractivity contribution in [2.45, 2.75) is 39.5 Å². The fourth-order valence-electron chi connectivity index (χ4n) is 1.77. The van der Waals surface area contributed by atoms with Crippen molar-refractivity contribution in [1.29, 1.82) is 0 Å². The molecule has 0 amide bonds. The molecular formula is C12H21N3. The van der Waals surface area contributed by atoms with Crippen molar-refractivity contribution >= 4 is 5.82 Å². The van der Waals surface area contributed by atoms with E-state index in [-0.39, 0.29) is 0 Å². The molecule has 0 bridgehead atoms. The Bertz CT molecular complexity index is 303. The van der Waals surface area contributed by atoms with Crippen LogP contribution in [0.5, 0.6) is 0 Å². The third-order valence-electron chi connectivity index (χ3n) is 2.44. The van der Waals surface area contributed by atoms with E-state index in [1.165, 1.54) is 11.3 Å². The van der Waals surface area contributed by atoms with E-state index in [1.54, 1.807) is 6.33 Å². The van der Waals surface area contributed by atoms with E-state index < -0.39 is 0 Å². The molecule has 0 aliphatic rings. The first-order valence-electron chi connectivity index (χ1n) is 5.47. The van der Waals surface area contributed by atoms with Gasteiger partial charge in [0.15, 0.2) is 0 Å². The van der Waals surface area contributed by atoms with Crippen LogP contribution in [0.15, 0.2) is 6.33 Å². The van der Waals surface area contributed by atoms with Crippen molar-refractivity contribution < 1.29 is 0 Å². The van der Waals surface area contributed by atoms with Gasteiger partial charge < -0.3 is 4.90 Å². The molecule has 0 fully saturated rings. The summed E-state index contributed by atoms with van der Waals surface area (Å²) >= 11 is 0. The largest absolute Gasteiger partial charge is 0.362 e. The summed E-state index contributed by atoms with van der Waals surface area (Å²) in [7, 11) is 4.05. The van der Waals surface area contributed by atoms with E-state index in [0.29, 0.717) is 11.8 Å². The van der Waals surface area contributed by atoms with Crippen LogP contribution in [0.25, 0.3) is 0 Å². The lowest BCUT2D eigenvalue weighted by Crippen LogP contribution is -2.16. The Balaban J connectivity index is 3.35. The quantitative estimate of drug-likeness (QED) is 0.763. The molecule has 1 aromatic rings. The summed E-state index contributed by atoms with van der Waals surface area (Å²) in [5.41, 5.74) is 2.45. The molecule has 1 rings (SSSR count). The Hall–Kier alpha value is -1.12. The number of aromatic nitrogens is 2. The molecule has 0 saturated heterocycles. The van der Waals surface area contributed by atoms with Crippen molar-refractivity contribution in [3.05, 3.63) is 17.6 Å². The summed E-state index contributed by atoms with van der Waals surface area (Å²) < 4.78 is 0. The highest BCUT2D eigenvalue weighted by molar-refractivity contribution is 5.49. The average molecular weight is 207 g/mol. The van der Waals surface area contributed by atoms with Crippen LogP contribution < -0.4 is 4.90 Å². The number of nitrogens with zero attached hydrogens (tertiary/aromatic N) is 3. The van der Waals surface area contributed by atoms with Crippen LogP contribution in [-0.2, 0) is 0 Å². The molecule has 84 valence electrons. The molecule has 3 nitrogen and oxygen atoms in total. The maximum absolute atomic E-state index is 4.40. The molecule has 0 N–H and O–H groups in total. The highest BCUT2D eigenvalue weighted by atomic mass is 15.1. The van der Waals surface area contributed by atoms with Gasteiger partial charge in [0.1, 0.15) is 12.1 Å². The molecule has 0 atom stereocenters. The van der Waals surface area contributed by atoms with Crippen molar-refractivity contribution in [3.63, 3.8) is 0 Å². The van der Waals surface area contributed by atoms with Crippen molar-refractivity contribution in [1.82, 2.24) is 9.97 Å². The lowest BCUT2D eigenvalue weighted by Gasteiger charge is -2.22. The summed E-state index contributed by atoms with van der Waals surface area (Å²) in [6, 6.07) is 0. The van der Waals surface area contributed by atoms with E-state index in [9.17, 15) is 0 Å². The van der Waals surface area contributed by atoms with Gasteiger partial charge >= 0.3 is 0 Å². The van der Waals surface area contributed by atoms with Crippen LogP contribution in [-0.4, -0.2) is 24.1 Å². The minimum atomic E-state index is 0.448. The zero-order valence-electron chi connectivity index (χ0n) is 10.6. The van der Waals surface area contributed by atoms with E-state index in [0.717, 1.165) is 5.82 Å². The standard InChI is InChI=1S/C12H21N3/c1-8(2)10-11(9(3)4)13-7-14-12(10)15(5)6/h7-9H,1-6H3. The summed E-state index contributed by atoms with van der Waals surface area (Å²) in [4.78, 5) is 10.8. The zero-order valence-corrected chi connectivity index (χ0v) is 10.6. The molecule has 1 aromatic heterocycles. The van der Waals surface area contributed by atoms with Crippen LogP contribution in [0.3, 0.4) is 0 Å². The second kappa shape index (κ2) is 4.60. The normalized spacial score (nSPS) is 11.2. The smallest absolute Gasteiger partial charge is 0.135 e. The summed E-state index contributed by atoms with van der Waals surface area (Å²) in [5, 5.41) is 0. The van der Waals surface area contributed by atoms with Crippen LogP contribution in [0.1, 0.15) is 50.8 Å². The Labute approximate surface area is 92.6 Å². The van der Waals surface area contributed by atoms with Crippen LogP contribution >= 0.6 is 0 Å². The molecule has 0 unspecified atom stereocenters. The third kappa shape index (κ3) is 2.46. The maximum Gasteiger partial charge on any atom is 0.135 e. The molecular weight excluding hydrogens is 186 g/mol. The van der Waals surface area contributed by atoms with Gasteiger partial charge in [-0.25, -0.2) is 9.97 Å². The second-order valence-corrected chi connectivity index (χ2v) is 4.70. The van der Waals surface area contributed by atoms with Gasteiger partial charge in [-0.1, -0.05) is 27.7 Å². The topological polar surface area (TPSA) is 29.0 Å². The Morgan fingerprint density at radius 3 is 2.00 bits per heavy atom. The van der Waals surface area contributed by atoms with Gasteiger partial charge in [0.25, 0.3) is 0 Å². The molecule has 0 radical (unpaired) electrons. The third-order valence-corrected chi connectivity index (χ3v) is 2.44. The SMILES string of the molecule is CC(C)c1ncnc(N(C)C)c1C(C)C. The van der Waals surface area contributed by atoms with Gasteiger partial charge in [-0.05, 0) is 11.8 Å². The Morgan fingerprint density at radius 2 is 1.60 bits per heavy atom. The van der Waals surface area contributed by atoms with Gasteiger partial charge in [-0.15, -0.1) is 0 Å². The van der Waals surface area contributed by atoms with Gasteiger partial charge in [-0.2, -0.15) is 0 Å². The Kier molecular flexibility index (Phi) is 3.66. The lowest BCUT2D eigenvalue weighted by atomic mass is 9.95. The summed E-state index contributed by atoms with van der Waals surface area (Å²) in [6.45, 7) is 8.73. The van der Waals surface area contributed by atoms with Gasteiger partial charge in [-0.3, -0.25) is 0 Å². The van der Waals surface area contributed by atoms with Crippen LogP contribution in [0.2, 0.25) is 0 Å². The fraction of sp³-hybridized carbons (Fsp3) is 0.667. The molecule has 0 spiro atoms. The minimum Gasteiger partial charge on any atom is -0.362 e. The molecule has 1 heterocycles. The van der Waals surface area contributed by atoms with Crippen molar-refractivity contribution in [2.75, 3.05) is 19.0 Å². The summed E-state index contributed by atoms with van der Waals surface area (Å²) in [5.74, 6) is 1.95. The van der Waals surface area contributed by atoms with Gasteiger partial charge in [0.05, 0.1) is 5.69 Å². The molecule has 0 aliphatic heterocycles. The van der Waals surface area contributed by atoms with E-state index in [1.807, 2.05) is 14.1 Å². The highest BCUT2D eigenvalue weighted by Gasteiger charge is 2.17. The van der Waals surface area contributed by atoms with Crippen LogP contribution in [0, 0.1) is 0 Å². The Morgan fingerprint density at radius 1 is 1.00 bits per heavy atom. The van der Waals surface area contributed by atoms with E-state index in [4.69, 9.17) is 0 Å². The molecule has 0 aromatic carbocycles. The van der Waals surface area contributed by atoms with Crippen molar-refractivity contribution in [2.24, 2.45) is 0 Å². The maximum atomic E-state index is 4.40. The first-order valence-corrected chi connectivity index (χ1v) is 5.47. The van der Waals surface area contributed by atoms with Gasteiger partial charge in [0, 0.05) is 19.7 Å². The monoisotopic (exact) mass is 207 g/mol. The average Bonchev–Trinajstić information content (AvgIpc) is 2.16. The molecule has 0 saturated carbocycles. The van der Waals surface area contributed by atoms with Crippen LogP contribution in [0.4, 0.5) is 5.82 Å². The number of rotatable bonds is 3. The van der Waals surface area contributed by atoms with Gasteiger partial charge in [0.2, 0.25) is 0 Å². The van der Waals surface area contributed by atoms with E-state index >= 15 is 0 Å². The highest BCUT2D eigenvalue weighted by Crippen LogP contribution is 2.30. The molecule has 15 heavy (non-hydrogen) atoms.